The lowest BCUT2D eigenvalue weighted by Gasteiger charge is -2.29. The number of rotatable bonds is 3. The van der Waals surface area contributed by atoms with Gasteiger partial charge in [-0.3, -0.25) is 0 Å². The van der Waals surface area contributed by atoms with E-state index in [2.05, 4.69) is 40.0 Å². The average Bonchev–Trinajstić information content (AvgIpc) is 2.80. The van der Waals surface area contributed by atoms with Crippen LogP contribution >= 0.6 is 15.9 Å². The van der Waals surface area contributed by atoms with Gasteiger partial charge in [-0.25, -0.2) is 0 Å². The molecule has 2 atom stereocenters. The van der Waals surface area contributed by atoms with Crippen LogP contribution in [-0.2, 0) is 4.74 Å². The van der Waals surface area contributed by atoms with Crippen LogP contribution in [0.1, 0.15) is 24.9 Å². The molecular formula is C13H19BrN2O. The second kappa shape index (κ2) is 5.38. The molecule has 94 valence electrons. The van der Waals surface area contributed by atoms with Gasteiger partial charge in [0.05, 0.1) is 12.6 Å². The fourth-order valence-electron chi connectivity index (χ4n) is 2.23. The molecule has 4 heteroatoms. The van der Waals surface area contributed by atoms with Crippen molar-refractivity contribution >= 4 is 21.6 Å². The monoisotopic (exact) mass is 298 g/mol. The lowest BCUT2D eigenvalue weighted by Crippen LogP contribution is -2.33. The summed E-state index contributed by atoms with van der Waals surface area (Å²) < 4.78 is 6.53. The molecule has 1 aliphatic rings. The summed E-state index contributed by atoms with van der Waals surface area (Å²) >= 11 is 3.52. The molecule has 3 nitrogen and oxygen atoms in total. The minimum Gasteiger partial charge on any atom is -0.379 e. The summed E-state index contributed by atoms with van der Waals surface area (Å²) in [5, 5.41) is 0. The third-order valence-electron chi connectivity index (χ3n) is 3.32. The second-order valence-corrected chi connectivity index (χ2v) is 5.54. The maximum atomic E-state index is 6.03. The molecule has 1 aromatic carbocycles. The van der Waals surface area contributed by atoms with Crippen LogP contribution in [0.25, 0.3) is 0 Å². The molecule has 1 fully saturated rings. The standard InChI is InChI=1S/C13H19BrN2O/c1-9(15)12-4-3-10(14)7-13(12)16(2)11-5-6-17-8-11/h3-4,7,9,11H,5-6,8,15H2,1-2H3. The highest BCUT2D eigenvalue weighted by molar-refractivity contribution is 9.10. The van der Waals surface area contributed by atoms with E-state index in [1.165, 1.54) is 11.3 Å². The van der Waals surface area contributed by atoms with Gasteiger partial charge in [-0.1, -0.05) is 22.0 Å². The van der Waals surface area contributed by atoms with Gasteiger partial charge in [-0.05, 0) is 31.0 Å². The van der Waals surface area contributed by atoms with Gasteiger partial charge in [-0.15, -0.1) is 0 Å². The fraction of sp³-hybridized carbons (Fsp3) is 0.538. The minimum atomic E-state index is 0.0443. The van der Waals surface area contributed by atoms with E-state index >= 15 is 0 Å². The summed E-state index contributed by atoms with van der Waals surface area (Å²) in [5.41, 5.74) is 8.41. The number of anilines is 1. The Labute approximate surface area is 111 Å². The molecule has 2 rings (SSSR count). The van der Waals surface area contributed by atoms with Gasteiger partial charge in [0, 0.05) is 29.9 Å². The van der Waals surface area contributed by atoms with Crippen LogP contribution in [0, 0.1) is 0 Å². The van der Waals surface area contributed by atoms with Gasteiger partial charge in [0.15, 0.2) is 0 Å². The Morgan fingerprint density at radius 3 is 2.88 bits per heavy atom. The zero-order chi connectivity index (χ0) is 12.4. The molecule has 1 heterocycles. The summed E-state index contributed by atoms with van der Waals surface area (Å²) in [5.74, 6) is 0. The normalized spacial score (nSPS) is 21.5. The van der Waals surface area contributed by atoms with Crippen LogP contribution in [0.3, 0.4) is 0 Å². The van der Waals surface area contributed by atoms with Crippen LogP contribution in [0.15, 0.2) is 22.7 Å². The van der Waals surface area contributed by atoms with Crippen LogP contribution < -0.4 is 10.6 Å². The molecule has 2 unspecified atom stereocenters. The summed E-state index contributed by atoms with van der Waals surface area (Å²) in [6.07, 6.45) is 1.08. The zero-order valence-electron chi connectivity index (χ0n) is 10.3. The van der Waals surface area contributed by atoms with Crippen molar-refractivity contribution in [2.45, 2.75) is 25.4 Å². The quantitative estimate of drug-likeness (QED) is 0.932. The van der Waals surface area contributed by atoms with E-state index < -0.39 is 0 Å². The van der Waals surface area contributed by atoms with E-state index in [1.54, 1.807) is 0 Å². The predicted octanol–water partition coefficient (Wildman–Crippen LogP) is 2.69. The molecule has 0 amide bonds. The first-order valence-electron chi connectivity index (χ1n) is 5.95. The van der Waals surface area contributed by atoms with Crippen LogP contribution in [0.2, 0.25) is 0 Å². The van der Waals surface area contributed by atoms with E-state index in [-0.39, 0.29) is 6.04 Å². The maximum absolute atomic E-state index is 6.03. The molecule has 0 radical (unpaired) electrons. The van der Waals surface area contributed by atoms with Crippen molar-refractivity contribution < 1.29 is 4.74 Å². The molecule has 17 heavy (non-hydrogen) atoms. The van der Waals surface area contributed by atoms with Crippen molar-refractivity contribution in [3.05, 3.63) is 28.2 Å². The Bertz CT molecular complexity index is 389. The number of likely N-dealkylation sites (N-methyl/N-ethyl adjacent to an activating group) is 1. The van der Waals surface area contributed by atoms with E-state index in [0.29, 0.717) is 6.04 Å². The first-order valence-corrected chi connectivity index (χ1v) is 6.74. The number of hydrogen-bond donors (Lipinski definition) is 1. The fourth-order valence-corrected chi connectivity index (χ4v) is 2.58. The van der Waals surface area contributed by atoms with Crippen molar-refractivity contribution in [1.29, 1.82) is 0 Å². The van der Waals surface area contributed by atoms with E-state index in [9.17, 15) is 0 Å². The van der Waals surface area contributed by atoms with Crippen molar-refractivity contribution in [2.24, 2.45) is 5.73 Å². The number of halogens is 1. The Balaban J connectivity index is 2.31. The van der Waals surface area contributed by atoms with Crippen molar-refractivity contribution in [2.75, 3.05) is 25.2 Å². The Morgan fingerprint density at radius 1 is 1.53 bits per heavy atom. The molecule has 2 N–H and O–H groups in total. The first-order chi connectivity index (χ1) is 8.09. The van der Waals surface area contributed by atoms with Gasteiger partial charge < -0.3 is 15.4 Å². The highest BCUT2D eigenvalue weighted by atomic mass is 79.9. The van der Waals surface area contributed by atoms with Gasteiger partial charge in [0.2, 0.25) is 0 Å². The lowest BCUT2D eigenvalue weighted by molar-refractivity contribution is 0.193. The number of nitrogens with zero attached hydrogens (tertiary/aromatic N) is 1. The first kappa shape index (κ1) is 12.9. The molecule has 0 bridgehead atoms. The topological polar surface area (TPSA) is 38.5 Å². The molecule has 1 aliphatic heterocycles. The van der Waals surface area contributed by atoms with E-state index in [4.69, 9.17) is 10.5 Å². The Hall–Kier alpha value is -0.580. The molecule has 0 aliphatic carbocycles. The Morgan fingerprint density at radius 2 is 2.29 bits per heavy atom. The smallest absolute Gasteiger partial charge is 0.0670 e. The molecule has 0 aromatic heterocycles. The van der Waals surface area contributed by atoms with Crippen LogP contribution in [-0.4, -0.2) is 26.3 Å². The Kier molecular flexibility index (Phi) is 4.07. The molecule has 1 aromatic rings. The second-order valence-electron chi connectivity index (χ2n) is 4.62. The van der Waals surface area contributed by atoms with Gasteiger partial charge in [0.25, 0.3) is 0 Å². The number of nitrogens with two attached hydrogens (primary N) is 1. The van der Waals surface area contributed by atoms with E-state index in [1.807, 2.05) is 13.0 Å². The minimum absolute atomic E-state index is 0.0443. The highest BCUT2D eigenvalue weighted by Crippen LogP contribution is 2.30. The largest absolute Gasteiger partial charge is 0.379 e. The average molecular weight is 299 g/mol. The molecule has 0 spiro atoms. The molecule has 0 saturated carbocycles. The molecule has 1 saturated heterocycles. The summed E-state index contributed by atoms with van der Waals surface area (Å²) in [6, 6.07) is 6.78. The van der Waals surface area contributed by atoms with Gasteiger partial charge >= 0.3 is 0 Å². The van der Waals surface area contributed by atoms with Crippen LogP contribution in [0.4, 0.5) is 5.69 Å². The number of benzene rings is 1. The van der Waals surface area contributed by atoms with Crippen molar-refractivity contribution in [3.8, 4) is 0 Å². The van der Waals surface area contributed by atoms with Crippen molar-refractivity contribution in [3.63, 3.8) is 0 Å². The van der Waals surface area contributed by atoms with Gasteiger partial charge in [-0.2, -0.15) is 0 Å². The predicted molar refractivity (Wildman–Crippen MR) is 74.4 cm³/mol. The van der Waals surface area contributed by atoms with Crippen molar-refractivity contribution in [1.82, 2.24) is 0 Å². The maximum Gasteiger partial charge on any atom is 0.0670 e. The summed E-state index contributed by atoms with van der Waals surface area (Å²) in [7, 11) is 2.12. The third-order valence-corrected chi connectivity index (χ3v) is 3.81. The summed E-state index contributed by atoms with van der Waals surface area (Å²) in [4.78, 5) is 2.29. The third kappa shape index (κ3) is 2.81. The van der Waals surface area contributed by atoms with Gasteiger partial charge in [0.1, 0.15) is 0 Å². The highest BCUT2D eigenvalue weighted by Gasteiger charge is 2.23. The number of hydrogen-bond acceptors (Lipinski definition) is 3. The van der Waals surface area contributed by atoms with E-state index in [0.717, 1.165) is 24.1 Å². The molecular weight excluding hydrogens is 280 g/mol. The zero-order valence-corrected chi connectivity index (χ0v) is 11.9. The van der Waals surface area contributed by atoms with Crippen LogP contribution in [0.5, 0.6) is 0 Å². The number of ether oxygens (including phenoxy) is 1. The lowest BCUT2D eigenvalue weighted by atomic mass is 10.0. The summed E-state index contributed by atoms with van der Waals surface area (Å²) in [6.45, 7) is 3.68. The SMILES string of the molecule is CC(N)c1ccc(Br)cc1N(C)C1CCOC1.